The summed E-state index contributed by atoms with van der Waals surface area (Å²) >= 11 is 0. The third kappa shape index (κ3) is 17.8. The fraction of sp³-hybridized carbons (Fsp3) is 1.00. The summed E-state index contributed by atoms with van der Waals surface area (Å²) in [5.74, 6) is 0.717. The van der Waals surface area contributed by atoms with Gasteiger partial charge >= 0.3 is 0 Å². The molecule has 0 atom stereocenters. The first kappa shape index (κ1) is 18.8. The molecule has 0 heterocycles. The van der Waals surface area contributed by atoms with Gasteiger partial charge in [-0.25, -0.2) is 0 Å². The number of hydrogen-bond donors (Lipinski definition) is 1. The third-order valence-electron chi connectivity index (χ3n) is 2.58. The van der Waals surface area contributed by atoms with E-state index in [9.17, 15) is 0 Å². The lowest BCUT2D eigenvalue weighted by molar-refractivity contribution is 0.0137. The first-order valence-electron chi connectivity index (χ1n) is 7.71. The summed E-state index contributed by atoms with van der Waals surface area (Å²) in [6.07, 6.45) is 3.38. The smallest absolute Gasteiger partial charge is 0.0701 e. The van der Waals surface area contributed by atoms with Crippen LogP contribution in [-0.2, 0) is 14.2 Å². The second kappa shape index (κ2) is 15.9. The molecule has 0 aromatic heterocycles. The zero-order valence-corrected chi connectivity index (χ0v) is 13.1. The van der Waals surface area contributed by atoms with Crippen molar-refractivity contribution in [3.05, 3.63) is 0 Å². The minimum Gasteiger partial charge on any atom is -0.379 e. The van der Waals surface area contributed by atoms with Gasteiger partial charge in [-0.3, -0.25) is 0 Å². The topological polar surface area (TPSA) is 39.7 Å². The molecular weight excluding hydrogens is 242 g/mol. The highest BCUT2D eigenvalue weighted by molar-refractivity contribution is 4.50. The van der Waals surface area contributed by atoms with Gasteiger partial charge in [-0.05, 0) is 31.8 Å². The largest absolute Gasteiger partial charge is 0.379 e. The van der Waals surface area contributed by atoms with Gasteiger partial charge in [0.2, 0.25) is 0 Å². The number of nitrogens with one attached hydrogen (secondary N) is 1. The van der Waals surface area contributed by atoms with E-state index in [0.29, 0.717) is 32.3 Å². The monoisotopic (exact) mass is 275 g/mol. The van der Waals surface area contributed by atoms with Gasteiger partial charge in [-0.15, -0.1) is 0 Å². The van der Waals surface area contributed by atoms with E-state index >= 15 is 0 Å². The van der Waals surface area contributed by atoms with Crippen LogP contribution in [0.5, 0.6) is 0 Å². The SMILES string of the molecule is CCCCOCCOCCOCCCNCC(C)C. The van der Waals surface area contributed by atoms with Crippen LogP contribution in [0.1, 0.15) is 40.0 Å². The molecule has 0 aliphatic rings. The van der Waals surface area contributed by atoms with E-state index in [4.69, 9.17) is 14.2 Å². The van der Waals surface area contributed by atoms with Gasteiger partial charge in [-0.1, -0.05) is 27.2 Å². The van der Waals surface area contributed by atoms with Crippen LogP contribution in [0.2, 0.25) is 0 Å². The molecule has 0 unspecified atom stereocenters. The average molecular weight is 275 g/mol. The zero-order valence-electron chi connectivity index (χ0n) is 13.1. The Bertz CT molecular complexity index is 165. The predicted molar refractivity (Wildman–Crippen MR) is 79.7 cm³/mol. The van der Waals surface area contributed by atoms with Crippen molar-refractivity contribution in [2.45, 2.75) is 40.0 Å². The summed E-state index contributed by atoms with van der Waals surface area (Å²) in [5.41, 5.74) is 0. The molecule has 19 heavy (non-hydrogen) atoms. The maximum absolute atomic E-state index is 5.48. The van der Waals surface area contributed by atoms with Gasteiger partial charge in [0.05, 0.1) is 26.4 Å². The molecule has 0 aromatic carbocycles. The van der Waals surface area contributed by atoms with Crippen LogP contribution in [0, 0.1) is 5.92 Å². The van der Waals surface area contributed by atoms with Crippen molar-refractivity contribution < 1.29 is 14.2 Å². The van der Waals surface area contributed by atoms with E-state index in [0.717, 1.165) is 39.1 Å². The van der Waals surface area contributed by atoms with Crippen LogP contribution in [0.15, 0.2) is 0 Å². The summed E-state index contributed by atoms with van der Waals surface area (Å²) in [6.45, 7) is 13.1. The summed E-state index contributed by atoms with van der Waals surface area (Å²) in [7, 11) is 0. The molecule has 1 N–H and O–H groups in total. The first-order valence-corrected chi connectivity index (χ1v) is 7.71. The summed E-state index contributed by atoms with van der Waals surface area (Å²) in [4.78, 5) is 0. The van der Waals surface area contributed by atoms with Crippen molar-refractivity contribution >= 4 is 0 Å². The van der Waals surface area contributed by atoms with Crippen LogP contribution in [0.3, 0.4) is 0 Å². The van der Waals surface area contributed by atoms with Crippen LogP contribution < -0.4 is 5.32 Å². The molecule has 0 amide bonds. The minimum atomic E-state index is 0.663. The number of unbranched alkanes of at least 4 members (excludes halogenated alkanes) is 1. The molecule has 0 aliphatic carbocycles. The lowest BCUT2D eigenvalue weighted by atomic mass is 10.2. The van der Waals surface area contributed by atoms with Crippen molar-refractivity contribution in [1.29, 1.82) is 0 Å². The second-order valence-corrected chi connectivity index (χ2v) is 5.14. The summed E-state index contributed by atoms with van der Waals surface area (Å²) in [5, 5.41) is 3.39. The molecule has 0 spiro atoms. The highest BCUT2D eigenvalue weighted by atomic mass is 16.5. The quantitative estimate of drug-likeness (QED) is 0.466. The zero-order chi connectivity index (χ0) is 14.2. The van der Waals surface area contributed by atoms with Crippen LogP contribution in [0.25, 0.3) is 0 Å². The van der Waals surface area contributed by atoms with Crippen LogP contribution >= 0.6 is 0 Å². The molecule has 0 aliphatic heterocycles. The minimum absolute atomic E-state index is 0.663. The molecule has 0 fully saturated rings. The summed E-state index contributed by atoms with van der Waals surface area (Å²) in [6, 6.07) is 0. The van der Waals surface area contributed by atoms with Gasteiger partial charge < -0.3 is 19.5 Å². The number of ether oxygens (including phenoxy) is 3. The molecule has 0 rings (SSSR count). The first-order chi connectivity index (χ1) is 9.27. The molecule has 0 radical (unpaired) electrons. The van der Waals surface area contributed by atoms with Crippen molar-refractivity contribution in [1.82, 2.24) is 5.32 Å². The van der Waals surface area contributed by atoms with E-state index in [1.807, 2.05) is 0 Å². The fourth-order valence-corrected chi connectivity index (χ4v) is 1.48. The molecule has 0 aromatic rings. The van der Waals surface area contributed by atoms with Crippen molar-refractivity contribution in [3.63, 3.8) is 0 Å². The van der Waals surface area contributed by atoms with Crippen molar-refractivity contribution in [3.8, 4) is 0 Å². The highest BCUT2D eigenvalue weighted by Gasteiger charge is 1.94. The highest BCUT2D eigenvalue weighted by Crippen LogP contribution is 1.89. The van der Waals surface area contributed by atoms with E-state index in [1.54, 1.807) is 0 Å². The van der Waals surface area contributed by atoms with E-state index in [1.165, 1.54) is 6.42 Å². The summed E-state index contributed by atoms with van der Waals surface area (Å²) < 4.78 is 16.3. The maximum atomic E-state index is 5.48. The Kier molecular flexibility index (Phi) is 15.8. The third-order valence-corrected chi connectivity index (χ3v) is 2.58. The molecule has 4 heteroatoms. The van der Waals surface area contributed by atoms with E-state index in [-0.39, 0.29) is 0 Å². The molecule has 4 nitrogen and oxygen atoms in total. The van der Waals surface area contributed by atoms with Crippen LogP contribution in [-0.4, -0.2) is 52.7 Å². The Morgan fingerprint density at radius 2 is 1.32 bits per heavy atom. The normalized spacial score (nSPS) is 11.4. The maximum Gasteiger partial charge on any atom is 0.0701 e. The Morgan fingerprint density at radius 1 is 0.789 bits per heavy atom. The van der Waals surface area contributed by atoms with Crippen LogP contribution in [0.4, 0.5) is 0 Å². The molecule has 116 valence electrons. The van der Waals surface area contributed by atoms with Gasteiger partial charge in [0.25, 0.3) is 0 Å². The predicted octanol–water partition coefficient (Wildman–Crippen LogP) is 2.47. The molecule has 0 saturated carbocycles. The fourth-order valence-electron chi connectivity index (χ4n) is 1.48. The number of rotatable bonds is 15. The standard InChI is InChI=1S/C15H33NO3/c1-4-5-8-17-10-12-19-13-11-18-9-6-7-16-14-15(2)3/h15-16H,4-14H2,1-3H3. The Hall–Kier alpha value is -0.160. The van der Waals surface area contributed by atoms with Crippen molar-refractivity contribution in [2.75, 3.05) is 52.7 Å². The lowest BCUT2D eigenvalue weighted by Crippen LogP contribution is -2.22. The van der Waals surface area contributed by atoms with Gasteiger partial charge in [0.1, 0.15) is 0 Å². The number of hydrogen-bond acceptors (Lipinski definition) is 4. The van der Waals surface area contributed by atoms with Gasteiger partial charge in [0.15, 0.2) is 0 Å². The Labute approximate surface area is 119 Å². The Morgan fingerprint density at radius 3 is 1.84 bits per heavy atom. The average Bonchev–Trinajstić information content (AvgIpc) is 2.39. The molecular formula is C15H33NO3. The van der Waals surface area contributed by atoms with Crippen molar-refractivity contribution in [2.24, 2.45) is 5.92 Å². The Balaban J connectivity index is 2.91. The van der Waals surface area contributed by atoms with Gasteiger partial charge in [-0.2, -0.15) is 0 Å². The van der Waals surface area contributed by atoms with Gasteiger partial charge in [0, 0.05) is 13.2 Å². The van der Waals surface area contributed by atoms with E-state index < -0.39 is 0 Å². The lowest BCUT2D eigenvalue weighted by Gasteiger charge is -2.08. The molecule has 0 saturated heterocycles. The van der Waals surface area contributed by atoms with E-state index in [2.05, 4.69) is 26.1 Å². The molecule has 0 bridgehead atoms. The second-order valence-electron chi connectivity index (χ2n) is 5.14.